The van der Waals surface area contributed by atoms with E-state index in [-0.39, 0.29) is 6.61 Å². The van der Waals surface area contributed by atoms with Crippen LogP contribution in [0.15, 0.2) is 30.3 Å². The third-order valence-electron chi connectivity index (χ3n) is 2.97. The second kappa shape index (κ2) is 8.08. The van der Waals surface area contributed by atoms with Crippen molar-refractivity contribution < 1.29 is 5.11 Å². The van der Waals surface area contributed by atoms with Crippen molar-refractivity contribution in [3.8, 4) is 0 Å². The quantitative estimate of drug-likeness (QED) is 0.693. The van der Waals surface area contributed by atoms with Crippen LogP contribution in [0.25, 0.3) is 5.57 Å². The van der Waals surface area contributed by atoms with Gasteiger partial charge in [0, 0.05) is 6.61 Å². The van der Waals surface area contributed by atoms with Gasteiger partial charge >= 0.3 is 0 Å². The van der Waals surface area contributed by atoms with Crippen molar-refractivity contribution in [2.75, 3.05) is 6.61 Å². The average Bonchev–Trinajstić information content (AvgIpc) is 2.33. The maximum absolute atomic E-state index is 9.13. The molecule has 1 aromatic rings. The number of aliphatic hydroxyl groups is 1. The van der Waals surface area contributed by atoms with E-state index in [0.29, 0.717) is 0 Å². The summed E-state index contributed by atoms with van der Waals surface area (Å²) in [6.07, 6.45) is 7.97. The van der Waals surface area contributed by atoms with Crippen LogP contribution in [0.1, 0.15) is 50.2 Å². The fraction of sp³-hybridized carbons (Fsp3) is 0.500. The number of benzene rings is 1. The van der Waals surface area contributed by atoms with E-state index in [1.165, 1.54) is 36.0 Å². The summed E-state index contributed by atoms with van der Waals surface area (Å²) in [6.45, 7) is 4.56. The van der Waals surface area contributed by atoms with E-state index in [4.69, 9.17) is 5.11 Å². The summed E-state index contributed by atoms with van der Waals surface area (Å²) < 4.78 is 0. The van der Waals surface area contributed by atoms with Crippen LogP contribution in [-0.2, 0) is 0 Å². The summed E-state index contributed by atoms with van der Waals surface area (Å²) in [6, 6.07) is 8.52. The van der Waals surface area contributed by atoms with Crippen molar-refractivity contribution in [3.63, 3.8) is 0 Å². The van der Waals surface area contributed by atoms with Gasteiger partial charge in [-0.2, -0.15) is 0 Å². The van der Waals surface area contributed by atoms with Crippen LogP contribution in [0.4, 0.5) is 0 Å². The van der Waals surface area contributed by atoms with Crippen LogP contribution in [0, 0.1) is 6.92 Å². The number of allylic oxidation sites excluding steroid dienone is 1. The molecule has 1 aromatic carbocycles. The predicted molar refractivity (Wildman–Crippen MR) is 75.0 cm³/mol. The standard InChI is InChI=1S/C16H24O/c1-3-4-5-6-9-15(11-12-17)16-10-7-8-14(2)13-16/h7-10,13,17H,3-6,11-12H2,1-2H3/b15-9-. The average molecular weight is 232 g/mol. The Morgan fingerprint density at radius 3 is 2.76 bits per heavy atom. The van der Waals surface area contributed by atoms with Gasteiger partial charge in [-0.1, -0.05) is 55.7 Å². The molecular formula is C16H24O. The van der Waals surface area contributed by atoms with Crippen LogP contribution < -0.4 is 0 Å². The van der Waals surface area contributed by atoms with Crippen molar-refractivity contribution in [1.82, 2.24) is 0 Å². The van der Waals surface area contributed by atoms with Gasteiger partial charge in [-0.25, -0.2) is 0 Å². The third kappa shape index (κ3) is 5.18. The highest BCUT2D eigenvalue weighted by molar-refractivity contribution is 5.66. The molecule has 0 amide bonds. The molecule has 0 aromatic heterocycles. The van der Waals surface area contributed by atoms with E-state index in [2.05, 4.69) is 44.2 Å². The van der Waals surface area contributed by atoms with Crippen molar-refractivity contribution in [1.29, 1.82) is 0 Å². The molecule has 0 atom stereocenters. The summed E-state index contributed by atoms with van der Waals surface area (Å²) in [5, 5.41) is 9.13. The molecule has 0 saturated carbocycles. The lowest BCUT2D eigenvalue weighted by molar-refractivity contribution is 0.305. The molecule has 1 heteroatoms. The summed E-state index contributed by atoms with van der Waals surface area (Å²) >= 11 is 0. The normalized spacial score (nSPS) is 11.8. The number of aliphatic hydroxyl groups excluding tert-OH is 1. The Bertz CT molecular complexity index is 352. The van der Waals surface area contributed by atoms with Gasteiger partial charge in [-0.05, 0) is 37.3 Å². The smallest absolute Gasteiger partial charge is 0.0471 e. The van der Waals surface area contributed by atoms with E-state index < -0.39 is 0 Å². The second-order valence-electron chi connectivity index (χ2n) is 4.57. The Morgan fingerprint density at radius 1 is 1.29 bits per heavy atom. The molecule has 17 heavy (non-hydrogen) atoms. The van der Waals surface area contributed by atoms with Crippen LogP contribution in [0.2, 0.25) is 0 Å². The van der Waals surface area contributed by atoms with Gasteiger partial charge < -0.3 is 5.11 Å². The van der Waals surface area contributed by atoms with Crippen LogP contribution >= 0.6 is 0 Å². The fourth-order valence-electron chi connectivity index (χ4n) is 2.00. The van der Waals surface area contributed by atoms with Crippen molar-refractivity contribution in [3.05, 3.63) is 41.5 Å². The number of hydrogen-bond donors (Lipinski definition) is 1. The molecule has 0 unspecified atom stereocenters. The van der Waals surface area contributed by atoms with E-state index >= 15 is 0 Å². The fourth-order valence-corrected chi connectivity index (χ4v) is 2.00. The van der Waals surface area contributed by atoms with Crippen LogP contribution in [0.5, 0.6) is 0 Å². The Labute approximate surface area is 105 Å². The zero-order chi connectivity index (χ0) is 12.5. The molecule has 0 heterocycles. The molecule has 0 bridgehead atoms. The number of unbranched alkanes of at least 4 members (excludes halogenated alkanes) is 3. The Morgan fingerprint density at radius 2 is 2.12 bits per heavy atom. The highest BCUT2D eigenvalue weighted by atomic mass is 16.2. The second-order valence-corrected chi connectivity index (χ2v) is 4.57. The molecule has 0 aliphatic heterocycles. The zero-order valence-corrected chi connectivity index (χ0v) is 11.1. The van der Waals surface area contributed by atoms with Gasteiger partial charge in [-0.15, -0.1) is 0 Å². The first kappa shape index (κ1) is 14.0. The summed E-state index contributed by atoms with van der Waals surface area (Å²) in [5.74, 6) is 0. The maximum Gasteiger partial charge on any atom is 0.0471 e. The third-order valence-corrected chi connectivity index (χ3v) is 2.97. The topological polar surface area (TPSA) is 20.2 Å². The van der Waals surface area contributed by atoms with E-state index in [1.54, 1.807) is 0 Å². The molecule has 0 spiro atoms. The van der Waals surface area contributed by atoms with Gasteiger partial charge in [0.2, 0.25) is 0 Å². The number of hydrogen-bond acceptors (Lipinski definition) is 1. The molecular weight excluding hydrogens is 208 g/mol. The van der Waals surface area contributed by atoms with Crippen molar-refractivity contribution in [2.24, 2.45) is 0 Å². The minimum absolute atomic E-state index is 0.230. The molecule has 0 saturated heterocycles. The molecule has 0 fully saturated rings. The summed E-state index contributed by atoms with van der Waals surface area (Å²) in [4.78, 5) is 0. The highest BCUT2D eigenvalue weighted by Gasteiger charge is 2.01. The first-order valence-corrected chi connectivity index (χ1v) is 6.65. The van der Waals surface area contributed by atoms with Crippen LogP contribution in [0.3, 0.4) is 0 Å². The molecule has 1 nitrogen and oxygen atoms in total. The molecule has 1 N–H and O–H groups in total. The maximum atomic E-state index is 9.13. The number of rotatable bonds is 7. The highest BCUT2D eigenvalue weighted by Crippen LogP contribution is 2.20. The van der Waals surface area contributed by atoms with Gasteiger partial charge in [0.1, 0.15) is 0 Å². The van der Waals surface area contributed by atoms with Crippen molar-refractivity contribution >= 4 is 5.57 Å². The van der Waals surface area contributed by atoms with E-state index in [0.717, 1.165) is 12.8 Å². The minimum Gasteiger partial charge on any atom is -0.396 e. The lowest BCUT2D eigenvalue weighted by atomic mass is 9.99. The Hall–Kier alpha value is -1.08. The zero-order valence-electron chi connectivity index (χ0n) is 11.1. The molecule has 0 aliphatic carbocycles. The van der Waals surface area contributed by atoms with Crippen LogP contribution in [-0.4, -0.2) is 11.7 Å². The molecule has 94 valence electrons. The first-order valence-electron chi connectivity index (χ1n) is 6.65. The molecule has 0 radical (unpaired) electrons. The summed E-state index contributed by atoms with van der Waals surface area (Å²) in [7, 11) is 0. The monoisotopic (exact) mass is 232 g/mol. The predicted octanol–water partition coefficient (Wildman–Crippen LogP) is 4.34. The van der Waals surface area contributed by atoms with Gasteiger partial charge in [0.05, 0.1) is 0 Å². The molecule has 1 rings (SSSR count). The Balaban J connectivity index is 2.70. The van der Waals surface area contributed by atoms with Gasteiger partial charge in [0.25, 0.3) is 0 Å². The SMILES string of the molecule is CCCCC/C=C(/CCO)c1cccc(C)c1. The largest absolute Gasteiger partial charge is 0.396 e. The van der Waals surface area contributed by atoms with Gasteiger partial charge in [0.15, 0.2) is 0 Å². The minimum atomic E-state index is 0.230. The molecule has 0 aliphatic rings. The number of aryl methyl sites for hydroxylation is 1. The summed E-state index contributed by atoms with van der Waals surface area (Å²) in [5.41, 5.74) is 3.82. The Kier molecular flexibility index (Phi) is 6.64. The lowest BCUT2D eigenvalue weighted by Gasteiger charge is -2.07. The van der Waals surface area contributed by atoms with E-state index in [9.17, 15) is 0 Å². The van der Waals surface area contributed by atoms with E-state index in [1.807, 2.05) is 0 Å². The lowest BCUT2D eigenvalue weighted by Crippen LogP contribution is -1.90. The van der Waals surface area contributed by atoms with Crippen molar-refractivity contribution in [2.45, 2.75) is 46.0 Å². The first-order chi connectivity index (χ1) is 8.27. The van der Waals surface area contributed by atoms with Gasteiger partial charge in [-0.3, -0.25) is 0 Å².